The number of nitro groups is 1. The molecule has 0 N–H and O–H groups in total. The van der Waals surface area contributed by atoms with Crippen molar-refractivity contribution < 1.29 is 9.72 Å². The molecule has 15 heavy (non-hydrogen) atoms. The molecule has 4 nitrogen and oxygen atoms in total. The van der Waals surface area contributed by atoms with Gasteiger partial charge in [0.1, 0.15) is 6.29 Å². The number of hydrogen-bond acceptors (Lipinski definition) is 3. The number of aryl methyl sites for hydroxylation is 1. The van der Waals surface area contributed by atoms with E-state index in [1.807, 2.05) is 0 Å². The van der Waals surface area contributed by atoms with Gasteiger partial charge in [0.25, 0.3) is 5.69 Å². The molecule has 0 aliphatic carbocycles. The van der Waals surface area contributed by atoms with E-state index in [0.717, 1.165) is 6.29 Å². The van der Waals surface area contributed by atoms with Crippen LogP contribution < -0.4 is 0 Å². The summed E-state index contributed by atoms with van der Waals surface area (Å²) in [4.78, 5) is 21.4. The maximum Gasteiger partial charge on any atom is 0.276 e. The van der Waals surface area contributed by atoms with Crippen LogP contribution in [0.25, 0.3) is 0 Å². The monoisotopic (exact) mass is 207 g/mol. The van der Waals surface area contributed by atoms with Crippen LogP contribution >= 0.6 is 0 Å². The fourth-order valence-corrected chi connectivity index (χ4v) is 1.48. The van der Waals surface area contributed by atoms with Crippen molar-refractivity contribution in [2.75, 3.05) is 0 Å². The SMILES string of the molecule is Cc1cccc(C(C)(C)C=O)c1[N+](=O)[O-]. The summed E-state index contributed by atoms with van der Waals surface area (Å²) in [5, 5.41) is 10.9. The first-order chi connectivity index (χ1) is 6.90. The Morgan fingerprint density at radius 3 is 2.47 bits per heavy atom. The molecule has 0 atom stereocenters. The van der Waals surface area contributed by atoms with Crippen molar-refractivity contribution in [3.63, 3.8) is 0 Å². The topological polar surface area (TPSA) is 60.2 Å². The van der Waals surface area contributed by atoms with Crippen molar-refractivity contribution in [2.24, 2.45) is 0 Å². The van der Waals surface area contributed by atoms with Crippen molar-refractivity contribution in [1.82, 2.24) is 0 Å². The molecule has 0 fully saturated rings. The van der Waals surface area contributed by atoms with E-state index in [1.54, 1.807) is 39.0 Å². The highest BCUT2D eigenvalue weighted by atomic mass is 16.6. The molecule has 0 amide bonds. The molecule has 0 heterocycles. The van der Waals surface area contributed by atoms with Gasteiger partial charge in [0.05, 0.1) is 10.3 Å². The zero-order chi connectivity index (χ0) is 11.6. The van der Waals surface area contributed by atoms with Gasteiger partial charge in [-0.15, -0.1) is 0 Å². The van der Waals surface area contributed by atoms with Gasteiger partial charge in [-0.25, -0.2) is 0 Å². The highest BCUT2D eigenvalue weighted by molar-refractivity contribution is 5.71. The molecule has 80 valence electrons. The molecule has 0 spiro atoms. The number of nitro benzene ring substituents is 1. The smallest absolute Gasteiger partial charge is 0.276 e. The molecule has 0 aliphatic rings. The molecular weight excluding hydrogens is 194 g/mol. The molecule has 1 aromatic rings. The second-order valence-corrected chi connectivity index (χ2v) is 4.07. The third-order valence-corrected chi connectivity index (χ3v) is 2.41. The molecule has 0 saturated carbocycles. The predicted octanol–water partition coefficient (Wildman–Crippen LogP) is 2.38. The number of carbonyl (C=O) groups is 1. The van der Waals surface area contributed by atoms with Crippen molar-refractivity contribution in [1.29, 1.82) is 0 Å². The van der Waals surface area contributed by atoms with Crippen LogP contribution in [0.15, 0.2) is 18.2 Å². The molecular formula is C11H13NO3. The minimum absolute atomic E-state index is 0.0367. The first-order valence-corrected chi connectivity index (χ1v) is 4.61. The average molecular weight is 207 g/mol. The van der Waals surface area contributed by atoms with Crippen LogP contribution in [0.2, 0.25) is 0 Å². The van der Waals surface area contributed by atoms with Crippen molar-refractivity contribution in [3.05, 3.63) is 39.4 Å². The number of nitrogens with zero attached hydrogens (tertiary/aromatic N) is 1. The predicted molar refractivity (Wildman–Crippen MR) is 56.9 cm³/mol. The van der Waals surface area contributed by atoms with Crippen LogP contribution in [0.5, 0.6) is 0 Å². The Bertz CT molecular complexity index is 410. The standard InChI is InChI=1S/C11H13NO3/c1-8-5-4-6-9(10(8)12(14)15)11(2,3)7-13/h4-7H,1-3H3. The number of para-hydroxylation sites is 1. The quantitative estimate of drug-likeness (QED) is 0.434. The summed E-state index contributed by atoms with van der Waals surface area (Å²) < 4.78 is 0. The Morgan fingerprint density at radius 1 is 1.40 bits per heavy atom. The first-order valence-electron chi connectivity index (χ1n) is 4.61. The number of aldehydes is 1. The first kappa shape index (κ1) is 11.4. The zero-order valence-electron chi connectivity index (χ0n) is 8.98. The minimum Gasteiger partial charge on any atom is -0.302 e. The van der Waals surface area contributed by atoms with Gasteiger partial charge in [0.15, 0.2) is 0 Å². The van der Waals surface area contributed by atoms with E-state index in [0.29, 0.717) is 11.1 Å². The Balaban J connectivity index is 3.48. The Hall–Kier alpha value is -1.71. The third kappa shape index (κ3) is 2.03. The average Bonchev–Trinajstić information content (AvgIpc) is 2.16. The van der Waals surface area contributed by atoms with E-state index in [2.05, 4.69) is 0 Å². The van der Waals surface area contributed by atoms with Gasteiger partial charge in [0, 0.05) is 11.1 Å². The van der Waals surface area contributed by atoms with Crippen LogP contribution in [0, 0.1) is 17.0 Å². The maximum atomic E-state index is 10.9. The second kappa shape index (κ2) is 3.81. The number of rotatable bonds is 3. The van der Waals surface area contributed by atoms with Crippen LogP contribution in [-0.4, -0.2) is 11.2 Å². The summed E-state index contributed by atoms with van der Waals surface area (Å²) in [5.41, 5.74) is 0.249. The molecule has 4 heteroatoms. The van der Waals surface area contributed by atoms with Crippen molar-refractivity contribution in [3.8, 4) is 0 Å². The molecule has 1 rings (SSSR count). The van der Waals surface area contributed by atoms with Crippen molar-refractivity contribution in [2.45, 2.75) is 26.2 Å². The number of carbonyl (C=O) groups excluding carboxylic acids is 1. The minimum atomic E-state index is -0.825. The molecule has 0 saturated heterocycles. The normalized spacial score (nSPS) is 11.1. The van der Waals surface area contributed by atoms with Gasteiger partial charge in [-0.1, -0.05) is 18.2 Å². The third-order valence-electron chi connectivity index (χ3n) is 2.41. The molecule has 0 unspecified atom stereocenters. The summed E-state index contributed by atoms with van der Waals surface area (Å²) in [7, 11) is 0. The van der Waals surface area contributed by atoms with Crippen LogP contribution in [0.4, 0.5) is 5.69 Å². The summed E-state index contributed by atoms with van der Waals surface area (Å²) in [5.74, 6) is 0. The fourth-order valence-electron chi connectivity index (χ4n) is 1.48. The Morgan fingerprint density at radius 2 is 2.00 bits per heavy atom. The Labute approximate surface area is 88.1 Å². The molecule has 0 bridgehead atoms. The van der Waals surface area contributed by atoms with Crippen LogP contribution in [0.3, 0.4) is 0 Å². The summed E-state index contributed by atoms with van der Waals surface area (Å²) >= 11 is 0. The van der Waals surface area contributed by atoms with E-state index >= 15 is 0 Å². The van der Waals surface area contributed by atoms with Gasteiger partial charge in [-0.2, -0.15) is 0 Å². The van der Waals surface area contributed by atoms with Crippen molar-refractivity contribution >= 4 is 12.0 Å². The van der Waals surface area contributed by atoms with E-state index in [4.69, 9.17) is 0 Å². The maximum absolute atomic E-state index is 10.9. The fraction of sp³-hybridized carbons (Fsp3) is 0.364. The van der Waals surface area contributed by atoms with Gasteiger partial charge in [-0.3, -0.25) is 10.1 Å². The molecule has 1 aromatic carbocycles. The zero-order valence-corrected chi connectivity index (χ0v) is 8.98. The summed E-state index contributed by atoms with van der Waals surface area (Å²) in [6, 6.07) is 5.02. The molecule has 0 radical (unpaired) electrons. The second-order valence-electron chi connectivity index (χ2n) is 4.07. The highest BCUT2D eigenvalue weighted by Gasteiger charge is 2.29. The lowest BCUT2D eigenvalue weighted by Crippen LogP contribution is -2.20. The molecule has 0 aliphatic heterocycles. The van der Waals surface area contributed by atoms with E-state index in [9.17, 15) is 14.9 Å². The Kier molecular flexibility index (Phi) is 2.88. The van der Waals surface area contributed by atoms with E-state index < -0.39 is 10.3 Å². The van der Waals surface area contributed by atoms with Crippen LogP contribution in [-0.2, 0) is 10.2 Å². The summed E-state index contributed by atoms with van der Waals surface area (Å²) in [6.45, 7) is 5.01. The van der Waals surface area contributed by atoms with Gasteiger partial charge >= 0.3 is 0 Å². The van der Waals surface area contributed by atoms with E-state index in [-0.39, 0.29) is 5.69 Å². The lowest BCUT2D eigenvalue weighted by atomic mass is 9.84. The highest BCUT2D eigenvalue weighted by Crippen LogP contribution is 2.32. The number of hydrogen-bond donors (Lipinski definition) is 0. The largest absolute Gasteiger partial charge is 0.302 e. The van der Waals surface area contributed by atoms with Gasteiger partial charge < -0.3 is 4.79 Å². The van der Waals surface area contributed by atoms with Crippen LogP contribution in [0.1, 0.15) is 25.0 Å². The molecule has 0 aromatic heterocycles. The van der Waals surface area contributed by atoms with E-state index in [1.165, 1.54) is 0 Å². The van der Waals surface area contributed by atoms with Gasteiger partial charge in [0.2, 0.25) is 0 Å². The summed E-state index contributed by atoms with van der Waals surface area (Å²) in [6.07, 6.45) is 0.731. The lowest BCUT2D eigenvalue weighted by Gasteiger charge is -2.17. The van der Waals surface area contributed by atoms with Gasteiger partial charge in [-0.05, 0) is 20.8 Å². The number of benzene rings is 1. The lowest BCUT2D eigenvalue weighted by molar-refractivity contribution is -0.386.